The second kappa shape index (κ2) is 10.2. The van der Waals surface area contributed by atoms with Gasteiger partial charge < -0.3 is 9.13 Å². The number of benzene rings is 2. The minimum absolute atomic E-state index is 0.326. The van der Waals surface area contributed by atoms with Gasteiger partial charge in [0, 0.05) is 58.9 Å². The Kier molecular flexibility index (Phi) is 6.82. The van der Waals surface area contributed by atoms with Crippen LogP contribution in [-0.2, 0) is 23.2 Å². The molecule has 0 atom stereocenters. The monoisotopic (exact) mass is 485 g/mol. The maximum Gasteiger partial charge on any atom is 0.259 e. The summed E-state index contributed by atoms with van der Waals surface area (Å²) in [6.45, 7) is 3.12. The molecule has 1 aliphatic rings. The van der Waals surface area contributed by atoms with E-state index < -0.39 is 0 Å². The van der Waals surface area contributed by atoms with E-state index in [4.69, 9.17) is 0 Å². The van der Waals surface area contributed by atoms with Crippen molar-refractivity contribution in [3.63, 3.8) is 0 Å². The van der Waals surface area contributed by atoms with Gasteiger partial charge in [0.15, 0.2) is 0 Å². The van der Waals surface area contributed by atoms with E-state index in [-0.39, 0.29) is 11.8 Å². The third-order valence-electron chi connectivity index (χ3n) is 6.74. The summed E-state index contributed by atoms with van der Waals surface area (Å²) in [5.74, 6) is 1.76. The van der Waals surface area contributed by atoms with Crippen LogP contribution < -0.4 is 5.32 Å². The Hall–Kier alpha value is -3.25. The molecule has 0 spiro atoms. The van der Waals surface area contributed by atoms with E-state index in [0.717, 1.165) is 45.9 Å². The standard InChI is InChI=1S/C29H31N3O2S/c1-3-4-16-35-17-10-9-15-32-19-23(21-12-6-8-14-25(21)32)27-26(28(33)30-29(27)34)22-18-31(2)24-13-7-5-11-20(22)24/h5-8,11-14,18-19H,3-4,9-10,15-17H2,1-2H3,(H,30,33,34). The van der Waals surface area contributed by atoms with Gasteiger partial charge in [-0.25, -0.2) is 0 Å². The Labute approximate surface area is 210 Å². The van der Waals surface area contributed by atoms with Gasteiger partial charge >= 0.3 is 0 Å². The van der Waals surface area contributed by atoms with Gasteiger partial charge in [0.25, 0.3) is 11.8 Å². The quantitative estimate of drug-likeness (QED) is 0.221. The first-order chi connectivity index (χ1) is 17.1. The summed E-state index contributed by atoms with van der Waals surface area (Å²) in [5.41, 5.74) is 4.67. The molecule has 2 aromatic heterocycles. The van der Waals surface area contributed by atoms with Gasteiger partial charge in [-0.05, 0) is 42.9 Å². The van der Waals surface area contributed by atoms with E-state index >= 15 is 0 Å². The van der Waals surface area contributed by atoms with E-state index in [0.29, 0.717) is 11.1 Å². The molecule has 180 valence electrons. The predicted molar refractivity (Wildman–Crippen MR) is 146 cm³/mol. The smallest absolute Gasteiger partial charge is 0.259 e. The molecule has 35 heavy (non-hydrogen) atoms. The number of aromatic nitrogens is 2. The van der Waals surface area contributed by atoms with Crippen LogP contribution in [0.2, 0.25) is 0 Å². The molecule has 0 saturated carbocycles. The first-order valence-corrected chi connectivity index (χ1v) is 13.6. The second-order valence-corrected chi connectivity index (χ2v) is 10.4. The fraction of sp³-hybridized carbons (Fsp3) is 0.310. The van der Waals surface area contributed by atoms with Crippen LogP contribution in [0.4, 0.5) is 0 Å². The molecule has 3 heterocycles. The lowest BCUT2D eigenvalue weighted by Gasteiger charge is -2.05. The molecule has 0 bridgehead atoms. The Bertz CT molecular complexity index is 1440. The number of nitrogens with zero attached hydrogens (tertiary/aromatic N) is 2. The zero-order valence-electron chi connectivity index (χ0n) is 20.3. The summed E-state index contributed by atoms with van der Waals surface area (Å²) >= 11 is 2.03. The van der Waals surface area contributed by atoms with E-state index in [9.17, 15) is 9.59 Å². The highest BCUT2D eigenvalue weighted by Gasteiger charge is 2.35. The highest BCUT2D eigenvalue weighted by Crippen LogP contribution is 2.38. The lowest BCUT2D eigenvalue weighted by Crippen LogP contribution is -2.22. The van der Waals surface area contributed by atoms with E-state index in [1.807, 2.05) is 72.0 Å². The SMILES string of the molecule is CCCCSCCCCn1cc(C2=C(c3cn(C)c4ccccc34)C(=O)NC2=O)c2ccccc21. The highest BCUT2D eigenvalue weighted by atomic mass is 32.2. The average Bonchev–Trinajstić information content (AvgIpc) is 3.49. The average molecular weight is 486 g/mol. The first kappa shape index (κ1) is 23.5. The molecule has 5 nitrogen and oxygen atoms in total. The van der Waals surface area contributed by atoms with Crippen LogP contribution in [0.15, 0.2) is 60.9 Å². The molecule has 5 rings (SSSR count). The highest BCUT2D eigenvalue weighted by molar-refractivity contribution is 7.99. The zero-order chi connectivity index (χ0) is 24.4. The molecule has 0 unspecified atom stereocenters. The second-order valence-electron chi connectivity index (χ2n) is 9.13. The molecule has 0 fully saturated rings. The topological polar surface area (TPSA) is 56.0 Å². The summed E-state index contributed by atoms with van der Waals surface area (Å²) in [5, 5.41) is 4.54. The molecular formula is C29H31N3O2S. The molecule has 6 heteroatoms. The van der Waals surface area contributed by atoms with Crippen LogP contribution >= 0.6 is 11.8 Å². The van der Waals surface area contributed by atoms with Crippen molar-refractivity contribution in [2.24, 2.45) is 7.05 Å². The van der Waals surface area contributed by atoms with Crippen molar-refractivity contribution in [2.75, 3.05) is 11.5 Å². The van der Waals surface area contributed by atoms with Crippen LogP contribution in [0.5, 0.6) is 0 Å². The van der Waals surface area contributed by atoms with Crippen molar-refractivity contribution in [1.82, 2.24) is 14.5 Å². The number of fused-ring (bicyclic) bond motifs is 2. The number of carbonyl (C=O) groups excluding carboxylic acids is 2. The number of imide groups is 1. The Morgan fingerprint density at radius 3 is 2.09 bits per heavy atom. The minimum Gasteiger partial charge on any atom is -0.350 e. The van der Waals surface area contributed by atoms with Gasteiger partial charge in [0.05, 0.1) is 11.1 Å². The summed E-state index contributed by atoms with van der Waals surface area (Å²) in [6, 6.07) is 16.2. The van der Waals surface area contributed by atoms with Crippen molar-refractivity contribution >= 4 is 56.5 Å². The number of rotatable bonds is 10. The van der Waals surface area contributed by atoms with Gasteiger partial charge in [0.2, 0.25) is 0 Å². The Balaban J connectivity index is 1.54. The maximum atomic E-state index is 13.1. The number of para-hydroxylation sites is 2. The van der Waals surface area contributed by atoms with Crippen LogP contribution in [0, 0.1) is 0 Å². The number of hydrogen-bond donors (Lipinski definition) is 1. The van der Waals surface area contributed by atoms with Crippen molar-refractivity contribution in [3.8, 4) is 0 Å². The Morgan fingerprint density at radius 2 is 1.37 bits per heavy atom. The summed E-state index contributed by atoms with van der Waals surface area (Å²) in [4.78, 5) is 26.2. The van der Waals surface area contributed by atoms with Crippen LogP contribution in [0.1, 0.15) is 43.7 Å². The number of aryl methyl sites for hydroxylation is 2. The fourth-order valence-electron chi connectivity index (χ4n) is 4.98. The molecule has 0 saturated heterocycles. The Morgan fingerprint density at radius 1 is 0.771 bits per heavy atom. The number of hydrogen-bond acceptors (Lipinski definition) is 3. The van der Waals surface area contributed by atoms with Crippen molar-refractivity contribution in [1.29, 1.82) is 0 Å². The van der Waals surface area contributed by atoms with E-state index in [1.165, 1.54) is 30.8 Å². The molecule has 4 aromatic rings. The fourth-order valence-corrected chi connectivity index (χ4v) is 6.08. The van der Waals surface area contributed by atoms with Crippen molar-refractivity contribution in [2.45, 2.75) is 39.2 Å². The van der Waals surface area contributed by atoms with Gasteiger partial charge in [-0.2, -0.15) is 11.8 Å². The summed E-state index contributed by atoms with van der Waals surface area (Å²) in [7, 11) is 1.97. The number of unbranched alkanes of at least 4 members (excludes halogenated alkanes) is 2. The summed E-state index contributed by atoms with van der Waals surface area (Å²) in [6.07, 6.45) is 8.79. The van der Waals surface area contributed by atoms with E-state index in [2.05, 4.69) is 29.1 Å². The van der Waals surface area contributed by atoms with Crippen molar-refractivity contribution in [3.05, 3.63) is 72.1 Å². The number of carbonyl (C=O) groups is 2. The van der Waals surface area contributed by atoms with Crippen LogP contribution in [0.25, 0.3) is 33.0 Å². The normalized spacial score (nSPS) is 14.0. The number of nitrogens with one attached hydrogen (secondary N) is 1. The van der Waals surface area contributed by atoms with Gasteiger partial charge in [-0.1, -0.05) is 49.7 Å². The third kappa shape index (κ3) is 4.43. The van der Waals surface area contributed by atoms with Crippen molar-refractivity contribution < 1.29 is 9.59 Å². The molecular weight excluding hydrogens is 454 g/mol. The largest absolute Gasteiger partial charge is 0.350 e. The lowest BCUT2D eigenvalue weighted by molar-refractivity contribution is -0.122. The first-order valence-electron chi connectivity index (χ1n) is 12.4. The number of thioether (sulfide) groups is 1. The maximum absolute atomic E-state index is 13.1. The third-order valence-corrected chi connectivity index (χ3v) is 7.89. The summed E-state index contributed by atoms with van der Waals surface area (Å²) < 4.78 is 4.25. The van der Waals surface area contributed by atoms with Crippen LogP contribution in [-0.4, -0.2) is 32.5 Å². The molecule has 2 amide bonds. The van der Waals surface area contributed by atoms with E-state index in [1.54, 1.807) is 0 Å². The predicted octanol–water partition coefficient (Wildman–Crippen LogP) is 6.01. The lowest BCUT2D eigenvalue weighted by atomic mass is 9.95. The van der Waals surface area contributed by atoms with Gasteiger partial charge in [0.1, 0.15) is 0 Å². The molecule has 0 radical (unpaired) electrons. The van der Waals surface area contributed by atoms with Gasteiger partial charge in [-0.15, -0.1) is 0 Å². The van der Waals surface area contributed by atoms with Crippen LogP contribution in [0.3, 0.4) is 0 Å². The minimum atomic E-state index is -0.331. The zero-order valence-corrected chi connectivity index (χ0v) is 21.2. The molecule has 0 aliphatic carbocycles. The number of amides is 2. The van der Waals surface area contributed by atoms with Gasteiger partial charge in [-0.3, -0.25) is 14.9 Å². The molecule has 2 aromatic carbocycles. The molecule has 1 aliphatic heterocycles. The molecule has 1 N–H and O–H groups in total.